The van der Waals surface area contributed by atoms with Gasteiger partial charge in [-0.05, 0) is 43.9 Å². The van der Waals surface area contributed by atoms with Crippen LogP contribution in [0.5, 0.6) is 0 Å². The normalized spacial score (nSPS) is 24.3. The number of amides is 8. The fourth-order valence-electron chi connectivity index (χ4n) is 7.74. The lowest BCUT2D eigenvalue weighted by Gasteiger charge is -2.38. The summed E-state index contributed by atoms with van der Waals surface area (Å²) in [4.78, 5) is 111. The van der Waals surface area contributed by atoms with Crippen molar-refractivity contribution in [3.8, 4) is 0 Å². The van der Waals surface area contributed by atoms with Gasteiger partial charge in [-0.15, -0.1) is 11.8 Å². The lowest BCUT2D eigenvalue weighted by Crippen LogP contribution is -2.68. The monoisotopic (exact) mass is 981 g/mol. The minimum atomic E-state index is -2.09. The first-order valence-corrected chi connectivity index (χ1v) is 25.1. The first-order valence-electron chi connectivity index (χ1n) is 24.0. The lowest BCUT2D eigenvalue weighted by atomic mass is 9.89. The van der Waals surface area contributed by atoms with Crippen molar-refractivity contribution in [2.75, 3.05) is 39.5 Å². The maximum Gasteiger partial charge on any atom is 0.247 e. The van der Waals surface area contributed by atoms with Crippen LogP contribution in [-0.2, 0) is 38.4 Å². The number of aliphatic imine (C=N–C) groups is 1. The molecule has 23 heteroatoms. The van der Waals surface area contributed by atoms with E-state index >= 15 is 0 Å². The molecule has 1 saturated heterocycles. The largest absolute Gasteiger partial charge is 0.394 e. The smallest absolute Gasteiger partial charge is 0.247 e. The van der Waals surface area contributed by atoms with Gasteiger partial charge >= 0.3 is 0 Å². The molecule has 7 atom stereocenters. The molecule has 0 bridgehead atoms. The topological polar surface area (TPSA) is 336 Å². The highest BCUT2D eigenvalue weighted by Gasteiger charge is 2.46. The van der Waals surface area contributed by atoms with Crippen molar-refractivity contribution >= 4 is 65.0 Å². The SMILES string of the molecule is C/N=C(\NC)NCCCCCCCCCCCCCCC(=O)NC(C)C(=O)NC1CC2(CS/C=C\NC(=O)C(CO)NC(O)C(CCC(N)=O)NC2=O)NC(=O)CNC(=O)C(CC(C)C)NC1=O. The molecule has 2 heterocycles. The van der Waals surface area contributed by atoms with E-state index in [0.29, 0.717) is 6.42 Å². The van der Waals surface area contributed by atoms with Crippen molar-refractivity contribution in [3.05, 3.63) is 11.6 Å². The molecule has 22 nitrogen and oxygen atoms in total. The van der Waals surface area contributed by atoms with Gasteiger partial charge in [-0.25, -0.2) is 0 Å². The van der Waals surface area contributed by atoms with Crippen LogP contribution in [0.25, 0.3) is 0 Å². The Hall–Kier alpha value is -5.00. The third-order valence-electron chi connectivity index (χ3n) is 11.6. The number of carbonyl (C=O) groups is 8. The van der Waals surface area contributed by atoms with E-state index in [-0.39, 0.29) is 43.3 Å². The van der Waals surface area contributed by atoms with Crippen LogP contribution in [0, 0.1) is 5.92 Å². The Labute approximate surface area is 405 Å². The standard InChI is InChI=1S/C45H80N12O10S/c1-29(2)24-32-39(63)51-26-37(61)57-45(28-68-23-22-49-40(64)34(27-58)55-41(65)31(56-43(45)67)19-20-35(46)59)25-33(42(66)53-32)54-38(62)30(3)52-36(60)18-16-14-12-10-8-6-7-9-11-13-15-17-21-50-44(47-4)48-5/h22-23,29-34,41,55,58,65H,6-21,24-28H2,1-5H3,(H2,46,59)(H,49,64)(H,51,63)(H,52,60)(H,53,66)(H,54,62)(H,56,67)(H,57,61)(H2,47,48,50)/b23-22-. The van der Waals surface area contributed by atoms with Crippen LogP contribution in [0.2, 0.25) is 0 Å². The first-order chi connectivity index (χ1) is 32.4. The number of primary amides is 1. The summed E-state index contributed by atoms with van der Waals surface area (Å²) >= 11 is 0.933. The van der Waals surface area contributed by atoms with Crippen molar-refractivity contribution in [1.82, 2.24) is 53.2 Å². The Balaban J connectivity index is 2.17. The Morgan fingerprint density at radius 3 is 2.10 bits per heavy atom. The van der Waals surface area contributed by atoms with Crippen LogP contribution < -0.4 is 58.9 Å². The van der Waals surface area contributed by atoms with Crippen LogP contribution in [-0.4, -0.2) is 145 Å². The van der Waals surface area contributed by atoms with Crippen molar-refractivity contribution in [3.63, 3.8) is 0 Å². The summed E-state index contributed by atoms with van der Waals surface area (Å²) < 4.78 is 0. The van der Waals surface area contributed by atoms with Gasteiger partial charge in [-0.1, -0.05) is 78.1 Å². The third-order valence-corrected chi connectivity index (χ3v) is 12.6. The summed E-state index contributed by atoms with van der Waals surface area (Å²) in [7, 11) is 3.60. The zero-order valence-corrected chi connectivity index (χ0v) is 41.5. The minimum absolute atomic E-state index is 0.0923. The number of hydrogen-bond donors (Lipinski definition) is 13. The number of rotatable bonds is 24. The molecule has 14 N–H and O–H groups in total. The average Bonchev–Trinajstić information content (AvgIpc) is 3.30. The molecule has 386 valence electrons. The first kappa shape index (κ1) is 59.1. The van der Waals surface area contributed by atoms with Gasteiger partial charge in [0.15, 0.2) is 5.96 Å². The quantitative estimate of drug-likeness (QED) is 0.0317. The van der Waals surface area contributed by atoms with Gasteiger partial charge < -0.3 is 63.8 Å². The Morgan fingerprint density at radius 2 is 1.51 bits per heavy atom. The second kappa shape index (κ2) is 32.7. The predicted molar refractivity (Wildman–Crippen MR) is 260 cm³/mol. The molecule has 0 aromatic rings. The van der Waals surface area contributed by atoms with Gasteiger partial charge in [-0.2, -0.15) is 0 Å². The fraction of sp³-hybridized carbons (Fsp3) is 0.756. The molecule has 8 amide bonds. The number of guanidine groups is 1. The third kappa shape index (κ3) is 22.9. The summed E-state index contributed by atoms with van der Waals surface area (Å²) in [6.07, 6.45) is 11.6. The predicted octanol–water partition coefficient (Wildman–Crippen LogP) is -0.899. The number of nitrogens with one attached hydrogen (secondary N) is 10. The van der Waals surface area contributed by atoms with E-state index in [9.17, 15) is 48.6 Å². The maximum atomic E-state index is 14.7. The van der Waals surface area contributed by atoms with Gasteiger partial charge in [-0.3, -0.25) is 48.7 Å². The van der Waals surface area contributed by atoms with E-state index in [1.54, 1.807) is 7.05 Å². The molecule has 2 rings (SSSR count). The molecule has 2 aliphatic rings. The highest BCUT2D eigenvalue weighted by atomic mass is 32.2. The number of hydrogen-bond acceptors (Lipinski definition) is 13. The van der Waals surface area contributed by atoms with Crippen LogP contribution in [0.15, 0.2) is 16.6 Å². The zero-order chi connectivity index (χ0) is 50.5. The van der Waals surface area contributed by atoms with E-state index in [1.807, 2.05) is 20.9 Å². The number of carbonyl (C=O) groups excluding carboxylic acids is 8. The van der Waals surface area contributed by atoms with E-state index in [4.69, 9.17) is 5.73 Å². The molecule has 0 radical (unpaired) electrons. The highest BCUT2D eigenvalue weighted by molar-refractivity contribution is 8.02. The van der Waals surface area contributed by atoms with E-state index < -0.39 is 103 Å². The van der Waals surface area contributed by atoms with Crippen molar-refractivity contribution in [1.29, 1.82) is 0 Å². The average molecular weight is 981 g/mol. The maximum absolute atomic E-state index is 14.7. The van der Waals surface area contributed by atoms with Gasteiger partial charge in [0.2, 0.25) is 47.3 Å². The van der Waals surface area contributed by atoms with Gasteiger partial charge in [0.05, 0.1) is 19.2 Å². The Bertz CT molecular complexity index is 1700. The van der Waals surface area contributed by atoms with E-state index in [0.717, 1.165) is 56.4 Å². The number of unbranched alkanes of at least 4 members (excludes halogenated alkanes) is 11. The molecule has 0 aliphatic carbocycles. The molecule has 0 aromatic carbocycles. The Kier molecular flexibility index (Phi) is 28.4. The van der Waals surface area contributed by atoms with E-state index in [1.165, 1.54) is 57.1 Å². The molecule has 68 heavy (non-hydrogen) atoms. The molecule has 1 fully saturated rings. The van der Waals surface area contributed by atoms with Crippen LogP contribution in [0.4, 0.5) is 0 Å². The highest BCUT2D eigenvalue weighted by Crippen LogP contribution is 2.24. The van der Waals surface area contributed by atoms with Gasteiger partial charge in [0.1, 0.15) is 35.9 Å². The molecule has 0 aromatic heterocycles. The number of aliphatic hydroxyl groups excluding tert-OH is 2. The molecular weight excluding hydrogens is 901 g/mol. The number of aliphatic hydroxyl groups is 2. The van der Waals surface area contributed by atoms with Gasteiger partial charge in [0, 0.05) is 51.9 Å². The molecular formula is C45H80N12O10S. The fourth-order valence-corrected chi connectivity index (χ4v) is 8.60. The van der Waals surface area contributed by atoms with Crippen molar-refractivity contribution < 1.29 is 48.6 Å². The van der Waals surface area contributed by atoms with Crippen LogP contribution in [0.1, 0.15) is 130 Å². The zero-order valence-electron chi connectivity index (χ0n) is 40.6. The number of nitrogens with two attached hydrogens (primary N) is 1. The van der Waals surface area contributed by atoms with Crippen molar-refractivity contribution in [2.45, 2.75) is 172 Å². The lowest BCUT2D eigenvalue weighted by molar-refractivity contribution is -0.137. The molecule has 2 aliphatic heterocycles. The summed E-state index contributed by atoms with van der Waals surface area (Å²) in [6.45, 7) is 4.66. The second-order valence-corrected chi connectivity index (χ2v) is 18.8. The van der Waals surface area contributed by atoms with Crippen LogP contribution >= 0.6 is 11.8 Å². The minimum Gasteiger partial charge on any atom is -0.394 e. The molecule has 1 spiro atoms. The summed E-state index contributed by atoms with van der Waals surface area (Å²) in [6, 6.07) is -6.57. The van der Waals surface area contributed by atoms with Crippen LogP contribution in [0.3, 0.4) is 0 Å². The molecule has 0 saturated carbocycles. The van der Waals surface area contributed by atoms with E-state index in [2.05, 4.69) is 58.2 Å². The van der Waals surface area contributed by atoms with Gasteiger partial charge in [0.25, 0.3) is 0 Å². The summed E-state index contributed by atoms with van der Waals surface area (Å²) in [5, 5.41) is 49.5. The van der Waals surface area contributed by atoms with Crippen molar-refractivity contribution in [2.24, 2.45) is 16.6 Å². The number of nitrogens with zero attached hydrogens (tertiary/aromatic N) is 1. The second-order valence-electron chi connectivity index (χ2n) is 17.9. The number of thioether (sulfide) groups is 1. The Morgan fingerprint density at radius 1 is 0.882 bits per heavy atom. The summed E-state index contributed by atoms with van der Waals surface area (Å²) in [5.41, 5.74) is 3.30. The molecule has 7 unspecified atom stereocenters. The summed E-state index contributed by atoms with van der Waals surface area (Å²) in [5.74, 6) is -5.60.